The second kappa shape index (κ2) is 16.3. The van der Waals surface area contributed by atoms with Crippen LogP contribution in [0.15, 0.2) is 60.9 Å². The zero-order valence-electron chi connectivity index (χ0n) is 20.1. The number of carboxylic acids is 2. The first-order valence-corrected chi connectivity index (χ1v) is 11.1. The van der Waals surface area contributed by atoms with Gasteiger partial charge in [-0.15, -0.1) is 0 Å². The van der Waals surface area contributed by atoms with Gasteiger partial charge >= 0.3 is 11.9 Å². The number of carbonyl (C=O) groups excluding carboxylic acids is 2. The maximum atomic E-state index is 11.8. The highest BCUT2D eigenvalue weighted by Crippen LogP contribution is 2.26. The molecule has 2 aromatic heterocycles. The molecule has 0 saturated heterocycles. The number of unbranched alkanes of at least 4 members (excludes halogenated alkanes) is 1. The molecule has 0 aromatic carbocycles. The first-order valence-electron chi connectivity index (χ1n) is 11.1. The monoisotopic (exact) mass is 500 g/mol. The Balaban J connectivity index is 0.000000402. The number of rotatable bonds is 13. The summed E-state index contributed by atoms with van der Waals surface area (Å²) in [5.41, 5.74) is 5.79. The number of hydrogen-bond donors (Lipinski definition) is 5. The smallest absolute Gasteiger partial charge is 0.326 e. The van der Waals surface area contributed by atoms with E-state index in [1.54, 1.807) is 41.6 Å². The number of hydrogen-bond acceptors (Lipinski definition) is 8. The number of pyridine rings is 2. The Morgan fingerprint density at radius 3 is 1.97 bits per heavy atom. The number of aromatic nitrogens is 2. The minimum Gasteiger partial charge on any atom is -0.480 e. The maximum absolute atomic E-state index is 11.8. The summed E-state index contributed by atoms with van der Waals surface area (Å²) in [5.74, 6) is -1.88. The van der Waals surface area contributed by atoms with E-state index in [2.05, 4.69) is 27.2 Å². The van der Waals surface area contributed by atoms with Gasteiger partial charge in [0.05, 0.1) is 6.54 Å². The van der Waals surface area contributed by atoms with Crippen LogP contribution in [0.25, 0.3) is 0 Å². The molecule has 2 rings (SSSR count). The van der Waals surface area contributed by atoms with Gasteiger partial charge in [-0.1, -0.05) is 18.7 Å². The molecular formula is C24H32N6O6. The highest BCUT2D eigenvalue weighted by molar-refractivity contribution is 5.95. The number of carboxylic acid groups (broad SMARTS) is 2. The predicted molar refractivity (Wildman–Crippen MR) is 133 cm³/mol. The van der Waals surface area contributed by atoms with Gasteiger partial charge in [-0.25, -0.2) is 14.8 Å². The molecule has 0 spiro atoms. The average Bonchev–Trinajstić information content (AvgIpc) is 2.86. The molecule has 1 atom stereocenters. The summed E-state index contributed by atoms with van der Waals surface area (Å²) in [5, 5.41) is 22.2. The van der Waals surface area contributed by atoms with E-state index in [-0.39, 0.29) is 12.1 Å². The lowest BCUT2D eigenvalue weighted by atomic mass is 10.1. The molecule has 6 N–H and O–H groups in total. The van der Waals surface area contributed by atoms with Crippen LogP contribution in [0, 0.1) is 0 Å². The van der Waals surface area contributed by atoms with E-state index in [1.807, 2.05) is 12.1 Å². The quantitative estimate of drug-likeness (QED) is 0.197. The minimum atomic E-state index is -1.13. The van der Waals surface area contributed by atoms with Gasteiger partial charge in [0.25, 0.3) is 0 Å². The molecule has 2 amide bonds. The number of anilines is 2. The zero-order chi connectivity index (χ0) is 26.9. The number of carbonyl (C=O) groups is 4. The summed E-state index contributed by atoms with van der Waals surface area (Å²) in [6, 6.07) is 10.1. The normalized spacial score (nSPS) is 10.7. The number of aliphatic carboxylic acids is 2. The van der Waals surface area contributed by atoms with Crippen molar-refractivity contribution >= 4 is 35.4 Å². The molecule has 2 aromatic rings. The average molecular weight is 501 g/mol. The van der Waals surface area contributed by atoms with Gasteiger partial charge in [0.1, 0.15) is 24.2 Å². The number of nitrogens with two attached hydrogens (primary N) is 1. The molecule has 0 aliphatic rings. The van der Waals surface area contributed by atoms with Crippen molar-refractivity contribution in [1.82, 2.24) is 20.6 Å². The van der Waals surface area contributed by atoms with Crippen molar-refractivity contribution in [3.63, 3.8) is 0 Å². The van der Waals surface area contributed by atoms with Crippen molar-refractivity contribution in [2.45, 2.75) is 32.2 Å². The van der Waals surface area contributed by atoms with Crippen LogP contribution in [-0.2, 0) is 19.2 Å². The topological polar surface area (TPSA) is 188 Å². The van der Waals surface area contributed by atoms with Gasteiger partial charge in [-0.05, 0) is 57.0 Å². The van der Waals surface area contributed by atoms with Gasteiger partial charge in [0.15, 0.2) is 0 Å². The Kier molecular flexibility index (Phi) is 13.5. The molecule has 36 heavy (non-hydrogen) atoms. The van der Waals surface area contributed by atoms with Crippen LogP contribution < -0.4 is 21.3 Å². The van der Waals surface area contributed by atoms with Crippen molar-refractivity contribution in [2.24, 2.45) is 5.73 Å². The Labute approximate surface area is 209 Å². The highest BCUT2D eigenvalue weighted by atomic mass is 16.4. The lowest BCUT2D eigenvalue weighted by molar-refractivity contribution is -0.139. The molecule has 0 radical (unpaired) electrons. The van der Waals surface area contributed by atoms with Gasteiger partial charge < -0.3 is 26.6 Å². The fourth-order valence-corrected chi connectivity index (χ4v) is 2.82. The molecule has 0 aliphatic carbocycles. The van der Waals surface area contributed by atoms with E-state index in [9.17, 15) is 24.3 Å². The Morgan fingerprint density at radius 2 is 1.56 bits per heavy atom. The molecular weight excluding hydrogens is 468 g/mol. The van der Waals surface area contributed by atoms with Gasteiger partial charge in [0, 0.05) is 18.0 Å². The van der Waals surface area contributed by atoms with Crippen LogP contribution in [-0.4, -0.2) is 69.6 Å². The first-order chi connectivity index (χ1) is 17.2. The fraction of sp³-hybridized carbons (Fsp3) is 0.333. The molecule has 2 heterocycles. The van der Waals surface area contributed by atoms with Crippen molar-refractivity contribution in [3.05, 3.63) is 60.9 Å². The largest absolute Gasteiger partial charge is 0.480 e. The molecule has 0 unspecified atom stereocenters. The summed E-state index contributed by atoms with van der Waals surface area (Å²) >= 11 is 0. The summed E-state index contributed by atoms with van der Waals surface area (Å²) in [6.45, 7) is 4.72. The highest BCUT2D eigenvalue weighted by Gasteiger charge is 2.28. The Morgan fingerprint density at radius 1 is 0.972 bits per heavy atom. The number of amides is 2. The third kappa shape index (κ3) is 11.2. The fourth-order valence-electron chi connectivity index (χ4n) is 2.82. The molecule has 0 aliphatic heterocycles. The van der Waals surface area contributed by atoms with Crippen LogP contribution in [0.1, 0.15) is 26.2 Å². The van der Waals surface area contributed by atoms with E-state index < -0.39 is 36.3 Å². The maximum Gasteiger partial charge on any atom is 0.326 e. The summed E-state index contributed by atoms with van der Waals surface area (Å²) in [7, 11) is 0. The Bertz CT molecular complexity index is 963. The van der Waals surface area contributed by atoms with Crippen LogP contribution >= 0.6 is 0 Å². The standard InChI is InChI=1S/C16H20N4O2.C8H12N2O4/c17-10-4-1-7-13(16(21)22)20(14-8-2-5-11-18-14)15-9-3-6-12-19-15;1-5(2)8(14)10-3-6(11)9-4-7(12)13/h2-3,5-6,8-9,11-13H,1,4,7,10,17H2,(H,21,22);1,3-4H2,2H3,(H,9,11)(H,10,14)(H,12,13)/t13-;/m0./s1. The summed E-state index contributed by atoms with van der Waals surface area (Å²) in [6.07, 6.45) is 5.31. The van der Waals surface area contributed by atoms with Crippen molar-refractivity contribution in [1.29, 1.82) is 0 Å². The second-order valence-corrected chi connectivity index (χ2v) is 7.52. The molecule has 0 saturated carbocycles. The molecule has 194 valence electrons. The lowest BCUT2D eigenvalue weighted by Gasteiger charge is -2.29. The summed E-state index contributed by atoms with van der Waals surface area (Å²) < 4.78 is 0. The van der Waals surface area contributed by atoms with Crippen molar-refractivity contribution in [3.8, 4) is 0 Å². The molecule has 0 fully saturated rings. The molecule has 0 bridgehead atoms. The lowest BCUT2D eigenvalue weighted by Crippen LogP contribution is -2.39. The zero-order valence-corrected chi connectivity index (χ0v) is 20.1. The van der Waals surface area contributed by atoms with Crippen LogP contribution in [0.2, 0.25) is 0 Å². The van der Waals surface area contributed by atoms with Crippen LogP contribution in [0.5, 0.6) is 0 Å². The second-order valence-electron chi connectivity index (χ2n) is 7.52. The van der Waals surface area contributed by atoms with E-state index in [0.717, 1.165) is 12.8 Å². The number of nitrogens with one attached hydrogen (secondary N) is 2. The van der Waals surface area contributed by atoms with Gasteiger partial charge in [0.2, 0.25) is 11.8 Å². The Hall–Kier alpha value is -4.32. The SMILES string of the molecule is C=C(C)C(=O)NCC(=O)NCC(=O)O.NCCCC[C@@H](C(=O)O)N(c1ccccn1)c1ccccn1. The van der Waals surface area contributed by atoms with Crippen LogP contribution in [0.4, 0.5) is 11.6 Å². The van der Waals surface area contributed by atoms with E-state index in [4.69, 9.17) is 10.8 Å². The molecule has 12 nitrogen and oxygen atoms in total. The van der Waals surface area contributed by atoms with E-state index in [0.29, 0.717) is 24.6 Å². The van der Waals surface area contributed by atoms with Crippen LogP contribution in [0.3, 0.4) is 0 Å². The first kappa shape index (κ1) is 29.7. The van der Waals surface area contributed by atoms with Gasteiger partial charge in [-0.2, -0.15) is 0 Å². The van der Waals surface area contributed by atoms with Crippen molar-refractivity contribution < 1.29 is 29.4 Å². The van der Waals surface area contributed by atoms with Gasteiger partial charge in [-0.3, -0.25) is 19.3 Å². The molecule has 12 heteroatoms. The minimum absolute atomic E-state index is 0.251. The number of nitrogens with zero attached hydrogens (tertiary/aromatic N) is 3. The summed E-state index contributed by atoms with van der Waals surface area (Å²) in [4.78, 5) is 53.8. The van der Waals surface area contributed by atoms with E-state index >= 15 is 0 Å². The van der Waals surface area contributed by atoms with Crippen molar-refractivity contribution in [2.75, 3.05) is 24.5 Å². The third-order valence-corrected chi connectivity index (χ3v) is 4.55. The third-order valence-electron chi connectivity index (χ3n) is 4.55. The predicted octanol–water partition coefficient (Wildman–Crippen LogP) is 1.08. The van der Waals surface area contributed by atoms with E-state index in [1.165, 1.54) is 6.92 Å².